The summed E-state index contributed by atoms with van der Waals surface area (Å²) >= 11 is 0. The van der Waals surface area contributed by atoms with Crippen molar-refractivity contribution >= 4 is 17.4 Å². The van der Waals surface area contributed by atoms with Crippen molar-refractivity contribution < 1.29 is 18.4 Å². The summed E-state index contributed by atoms with van der Waals surface area (Å²) in [4.78, 5) is 32.0. The molecule has 1 aromatic heterocycles. The van der Waals surface area contributed by atoms with Crippen molar-refractivity contribution in [1.29, 1.82) is 0 Å². The van der Waals surface area contributed by atoms with E-state index < -0.39 is 17.4 Å². The van der Waals surface area contributed by atoms with Crippen LogP contribution in [0.2, 0.25) is 0 Å². The van der Waals surface area contributed by atoms with Crippen LogP contribution in [-0.4, -0.2) is 47.8 Å². The first-order valence-electron chi connectivity index (χ1n) is 8.16. The summed E-state index contributed by atoms with van der Waals surface area (Å²) in [7, 11) is 0. The number of carbonyl (C=O) groups is 2. The van der Waals surface area contributed by atoms with Crippen LogP contribution in [0.3, 0.4) is 0 Å². The predicted molar refractivity (Wildman–Crippen MR) is 92.9 cm³/mol. The molecule has 1 aliphatic heterocycles. The number of carbonyl (C=O) groups excluding carboxylic acids is 2. The minimum atomic E-state index is -1.10. The average Bonchev–Trinajstić information content (AvgIpc) is 2.68. The zero-order valence-electron chi connectivity index (χ0n) is 13.9. The first-order chi connectivity index (χ1) is 12.5. The van der Waals surface area contributed by atoms with Crippen LogP contribution in [-0.2, 0) is 4.79 Å². The van der Waals surface area contributed by atoms with Gasteiger partial charge < -0.3 is 9.80 Å². The number of ketones is 1. The number of anilines is 1. The van der Waals surface area contributed by atoms with E-state index in [1.807, 2.05) is 12.1 Å². The fourth-order valence-corrected chi connectivity index (χ4v) is 2.72. The molecule has 0 spiro atoms. The zero-order chi connectivity index (χ0) is 18.5. The molecule has 1 fully saturated rings. The van der Waals surface area contributed by atoms with Gasteiger partial charge in [-0.1, -0.05) is 0 Å². The van der Waals surface area contributed by atoms with Crippen molar-refractivity contribution in [2.75, 3.05) is 31.1 Å². The quantitative estimate of drug-likeness (QED) is 0.623. The number of aromatic nitrogens is 1. The first kappa shape index (κ1) is 17.7. The number of benzene rings is 1. The summed E-state index contributed by atoms with van der Waals surface area (Å²) in [5.41, 5.74) is 0.998. The summed E-state index contributed by atoms with van der Waals surface area (Å²) in [6.45, 7) is 2.39. The molecule has 5 nitrogen and oxygen atoms in total. The van der Waals surface area contributed by atoms with E-state index in [1.165, 1.54) is 12.1 Å². The van der Waals surface area contributed by atoms with Gasteiger partial charge in [-0.25, -0.2) is 8.78 Å². The summed E-state index contributed by atoms with van der Waals surface area (Å²) < 4.78 is 26.1. The highest BCUT2D eigenvalue weighted by molar-refractivity contribution is 6.07. The van der Waals surface area contributed by atoms with Crippen molar-refractivity contribution in [3.05, 3.63) is 72.1 Å². The van der Waals surface area contributed by atoms with E-state index in [0.717, 1.165) is 23.9 Å². The zero-order valence-corrected chi connectivity index (χ0v) is 13.9. The third-order valence-electron chi connectivity index (χ3n) is 4.18. The molecule has 1 saturated heterocycles. The molecule has 3 rings (SSSR count). The van der Waals surface area contributed by atoms with Crippen molar-refractivity contribution in [1.82, 2.24) is 9.88 Å². The standard InChI is InChI=1S/C19H17F2N3O2/c20-16-4-3-14(12-17(16)21)18(25)5-6-19(26)24-10-8-23(9-11-24)15-2-1-7-22-13-15/h1-7,12-13H,8-11H2/b6-5+. The van der Waals surface area contributed by atoms with Crippen molar-refractivity contribution in [3.8, 4) is 0 Å². The minimum absolute atomic E-state index is 0.00523. The lowest BCUT2D eigenvalue weighted by atomic mass is 10.1. The summed E-state index contributed by atoms with van der Waals surface area (Å²) in [6, 6.07) is 6.71. The largest absolute Gasteiger partial charge is 0.367 e. The third-order valence-corrected chi connectivity index (χ3v) is 4.18. The molecule has 0 N–H and O–H groups in total. The highest BCUT2D eigenvalue weighted by atomic mass is 19.2. The molecule has 0 atom stereocenters. The van der Waals surface area contributed by atoms with Crippen molar-refractivity contribution in [3.63, 3.8) is 0 Å². The number of halogens is 2. The van der Waals surface area contributed by atoms with Crippen LogP contribution in [0.4, 0.5) is 14.5 Å². The van der Waals surface area contributed by atoms with Crippen LogP contribution in [0.15, 0.2) is 54.9 Å². The Balaban J connectivity index is 1.56. The van der Waals surface area contributed by atoms with Crippen molar-refractivity contribution in [2.45, 2.75) is 0 Å². The Morgan fingerprint density at radius 1 is 1.00 bits per heavy atom. The lowest BCUT2D eigenvalue weighted by Crippen LogP contribution is -2.48. The SMILES string of the molecule is O=C(/C=C/C(=O)N1CCN(c2cccnc2)CC1)c1ccc(F)c(F)c1. The normalized spacial score (nSPS) is 14.7. The monoisotopic (exact) mass is 357 g/mol. The fraction of sp³-hybridized carbons (Fsp3) is 0.211. The molecule has 2 aromatic rings. The van der Waals surface area contributed by atoms with Gasteiger partial charge in [0, 0.05) is 44.0 Å². The van der Waals surface area contributed by atoms with E-state index in [-0.39, 0.29) is 11.5 Å². The molecule has 7 heteroatoms. The van der Waals surface area contributed by atoms with Crippen LogP contribution in [0, 0.1) is 11.6 Å². The van der Waals surface area contributed by atoms with E-state index in [1.54, 1.807) is 17.3 Å². The van der Waals surface area contributed by atoms with Gasteiger partial charge in [0.05, 0.1) is 11.9 Å². The molecule has 0 bridgehead atoms. The maximum absolute atomic E-state index is 13.2. The van der Waals surface area contributed by atoms with Crippen LogP contribution in [0.5, 0.6) is 0 Å². The maximum atomic E-state index is 13.2. The van der Waals surface area contributed by atoms with Gasteiger partial charge in [0.15, 0.2) is 17.4 Å². The molecule has 1 aliphatic rings. The Morgan fingerprint density at radius 3 is 2.42 bits per heavy atom. The summed E-state index contributed by atoms with van der Waals surface area (Å²) in [5.74, 6) is -2.95. The number of amides is 1. The van der Waals surface area contributed by atoms with E-state index in [0.29, 0.717) is 26.2 Å². The second-order valence-electron chi connectivity index (χ2n) is 5.85. The van der Waals surface area contributed by atoms with Crippen LogP contribution < -0.4 is 4.90 Å². The van der Waals surface area contributed by atoms with Gasteiger partial charge in [-0.05, 0) is 36.4 Å². The molecule has 1 amide bonds. The lowest BCUT2D eigenvalue weighted by molar-refractivity contribution is -0.126. The van der Waals surface area contributed by atoms with Gasteiger partial charge in [-0.3, -0.25) is 14.6 Å². The molecular weight excluding hydrogens is 340 g/mol. The Hall–Kier alpha value is -3.09. The number of nitrogens with zero attached hydrogens (tertiary/aromatic N) is 3. The number of piperazine rings is 1. The molecular formula is C19H17F2N3O2. The van der Waals surface area contributed by atoms with E-state index in [4.69, 9.17) is 0 Å². The van der Waals surface area contributed by atoms with Crippen LogP contribution >= 0.6 is 0 Å². The lowest BCUT2D eigenvalue weighted by Gasteiger charge is -2.35. The Labute approximate surface area is 149 Å². The van der Waals surface area contributed by atoms with Gasteiger partial charge in [0.1, 0.15) is 0 Å². The fourth-order valence-electron chi connectivity index (χ4n) is 2.72. The minimum Gasteiger partial charge on any atom is -0.367 e. The molecule has 0 radical (unpaired) electrons. The number of rotatable bonds is 4. The van der Waals surface area contributed by atoms with Crippen molar-refractivity contribution in [2.24, 2.45) is 0 Å². The number of hydrogen-bond acceptors (Lipinski definition) is 4. The van der Waals surface area contributed by atoms with Gasteiger partial charge in [-0.15, -0.1) is 0 Å². The van der Waals surface area contributed by atoms with Gasteiger partial charge >= 0.3 is 0 Å². The molecule has 0 aliphatic carbocycles. The van der Waals surface area contributed by atoms with Gasteiger partial charge in [0.25, 0.3) is 0 Å². The van der Waals surface area contributed by atoms with E-state index >= 15 is 0 Å². The topological polar surface area (TPSA) is 53.5 Å². The third kappa shape index (κ3) is 4.11. The number of pyridine rings is 1. The van der Waals surface area contributed by atoms with Gasteiger partial charge in [0.2, 0.25) is 5.91 Å². The molecule has 1 aromatic carbocycles. The molecule has 134 valence electrons. The smallest absolute Gasteiger partial charge is 0.246 e. The highest BCUT2D eigenvalue weighted by Gasteiger charge is 2.20. The first-order valence-corrected chi connectivity index (χ1v) is 8.16. The second kappa shape index (κ2) is 7.86. The Bertz CT molecular complexity index is 832. The van der Waals surface area contributed by atoms with E-state index in [2.05, 4.69) is 9.88 Å². The van der Waals surface area contributed by atoms with E-state index in [9.17, 15) is 18.4 Å². The summed E-state index contributed by atoms with van der Waals surface area (Å²) in [6.07, 6.45) is 5.74. The predicted octanol–water partition coefficient (Wildman–Crippen LogP) is 2.45. The Kier molecular flexibility index (Phi) is 5.36. The average molecular weight is 357 g/mol. The number of allylic oxidation sites excluding steroid dienone is 1. The van der Waals surface area contributed by atoms with Gasteiger partial charge in [-0.2, -0.15) is 0 Å². The maximum Gasteiger partial charge on any atom is 0.246 e. The molecule has 2 heterocycles. The molecule has 26 heavy (non-hydrogen) atoms. The van der Waals surface area contributed by atoms with Crippen LogP contribution in [0.25, 0.3) is 0 Å². The second-order valence-corrected chi connectivity index (χ2v) is 5.85. The molecule has 0 saturated carbocycles. The highest BCUT2D eigenvalue weighted by Crippen LogP contribution is 2.15. The Morgan fingerprint density at radius 2 is 1.77 bits per heavy atom. The molecule has 0 unspecified atom stereocenters. The van der Waals surface area contributed by atoms with Crippen LogP contribution in [0.1, 0.15) is 10.4 Å². The summed E-state index contributed by atoms with van der Waals surface area (Å²) in [5, 5.41) is 0. The number of hydrogen-bond donors (Lipinski definition) is 0.